The van der Waals surface area contributed by atoms with Crippen LogP contribution in [0.25, 0.3) is 0 Å². The zero-order valence-corrected chi connectivity index (χ0v) is 10.2. The molecule has 0 saturated carbocycles. The van der Waals surface area contributed by atoms with Crippen LogP contribution in [0.2, 0.25) is 0 Å². The van der Waals surface area contributed by atoms with E-state index in [1.54, 1.807) is 0 Å². The molecule has 0 aromatic heterocycles. The molecule has 3 rings (SSSR count). The van der Waals surface area contributed by atoms with E-state index < -0.39 is 0 Å². The summed E-state index contributed by atoms with van der Waals surface area (Å²) in [5, 5.41) is 3.41. The highest BCUT2D eigenvalue weighted by atomic mass is 15.2. The maximum Gasteiger partial charge on any atom is 0.0369 e. The highest BCUT2D eigenvalue weighted by Crippen LogP contribution is 2.36. The molecule has 0 unspecified atom stereocenters. The van der Waals surface area contributed by atoms with Crippen LogP contribution < -0.4 is 10.2 Å². The van der Waals surface area contributed by atoms with Gasteiger partial charge in [0.2, 0.25) is 0 Å². The van der Waals surface area contributed by atoms with Gasteiger partial charge in [-0.15, -0.1) is 0 Å². The Bertz CT molecular complexity index is 407. The van der Waals surface area contributed by atoms with Gasteiger partial charge in [0.15, 0.2) is 0 Å². The van der Waals surface area contributed by atoms with E-state index in [2.05, 4.69) is 42.3 Å². The fourth-order valence-corrected chi connectivity index (χ4v) is 2.84. The van der Waals surface area contributed by atoms with Crippen molar-refractivity contribution in [2.45, 2.75) is 20.3 Å². The van der Waals surface area contributed by atoms with E-state index in [-0.39, 0.29) is 0 Å². The van der Waals surface area contributed by atoms with Crippen molar-refractivity contribution in [3.63, 3.8) is 0 Å². The average Bonchev–Trinajstić information content (AvgIpc) is 2.66. The number of rotatable bonds is 1. The number of hydrogen-bond donors (Lipinski definition) is 1. The first-order valence-electron chi connectivity index (χ1n) is 6.22. The van der Waals surface area contributed by atoms with E-state index in [9.17, 15) is 0 Å². The molecule has 1 spiro atoms. The van der Waals surface area contributed by atoms with Crippen LogP contribution in [0.1, 0.15) is 17.5 Å². The summed E-state index contributed by atoms with van der Waals surface area (Å²) < 4.78 is 0. The summed E-state index contributed by atoms with van der Waals surface area (Å²) >= 11 is 0. The van der Waals surface area contributed by atoms with Gasteiger partial charge in [0.05, 0.1) is 0 Å². The molecule has 2 heterocycles. The fraction of sp³-hybridized carbons (Fsp3) is 0.571. The molecule has 2 fully saturated rings. The van der Waals surface area contributed by atoms with Crippen molar-refractivity contribution in [1.82, 2.24) is 5.32 Å². The number of benzene rings is 1. The third kappa shape index (κ3) is 1.52. The largest absolute Gasteiger partial charge is 0.371 e. The monoisotopic (exact) mass is 216 g/mol. The molecule has 2 saturated heterocycles. The minimum atomic E-state index is 0.596. The molecule has 2 nitrogen and oxygen atoms in total. The summed E-state index contributed by atoms with van der Waals surface area (Å²) in [7, 11) is 0. The van der Waals surface area contributed by atoms with Crippen molar-refractivity contribution in [1.29, 1.82) is 0 Å². The molecule has 16 heavy (non-hydrogen) atoms. The Hall–Kier alpha value is -1.02. The van der Waals surface area contributed by atoms with Gasteiger partial charge in [-0.3, -0.25) is 0 Å². The third-order valence-corrected chi connectivity index (χ3v) is 4.29. The predicted molar refractivity (Wildman–Crippen MR) is 68.0 cm³/mol. The zero-order chi connectivity index (χ0) is 11.2. The van der Waals surface area contributed by atoms with Gasteiger partial charge in [-0.1, -0.05) is 6.07 Å². The topological polar surface area (TPSA) is 15.3 Å². The van der Waals surface area contributed by atoms with Crippen molar-refractivity contribution in [3.05, 3.63) is 29.3 Å². The highest BCUT2D eigenvalue weighted by molar-refractivity contribution is 5.52. The van der Waals surface area contributed by atoms with Gasteiger partial charge in [0.1, 0.15) is 0 Å². The van der Waals surface area contributed by atoms with Crippen LogP contribution in [0.4, 0.5) is 5.69 Å². The first-order chi connectivity index (χ1) is 7.69. The second-order valence-corrected chi connectivity index (χ2v) is 5.54. The van der Waals surface area contributed by atoms with Crippen molar-refractivity contribution < 1.29 is 0 Å². The maximum absolute atomic E-state index is 3.41. The number of nitrogens with one attached hydrogen (secondary N) is 1. The molecule has 0 bridgehead atoms. The van der Waals surface area contributed by atoms with Crippen LogP contribution in [0, 0.1) is 19.3 Å². The summed E-state index contributed by atoms with van der Waals surface area (Å²) in [4.78, 5) is 2.55. The summed E-state index contributed by atoms with van der Waals surface area (Å²) in [5.41, 5.74) is 4.80. The van der Waals surface area contributed by atoms with Crippen LogP contribution >= 0.6 is 0 Å². The lowest BCUT2D eigenvalue weighted by Crippen LogP contribution is -2.54. The lowest BCUT2D eigenvalue weighted by Gasteiger charge is -2.39. The van der Waals surface area contributed by atoms with Gasteiger partial charge in [-0.2, -0.15) is 0 Å². The maximum atomic E-state index is 3.41. The summed E-state index contributed by atoms with van der Waals surface area (Å²) in [6.07, 6.45) is 1.35. The standard InChI is InChI=1S/C14H20N2/c1-11-3-4-13(7-12(11)2)16-6-5-14(10-16)8-15-9-14/h3-4,7,15H,5-6,8-10H2,1-2H3. The number of nitrogens with zero attached hydrogens (tertiary/aromatic N) is 1. The van der Waals surface area contributed by atoms with Crippen molar-refractivity contribution in [3.8, 4) is 0 Å². The second kappa shape index (κ2) is 3.49. The van der Waals surface area contributed by atoms with E-state index in [0.717, 1.165) is 0 Å². The molecular formula is C14H20N2. The average molecular weight is 216 g/mol. The predicted octanol–water partition coefficient (Wildman–Crippen LogP) is 2.10. The van der Waals surface area contributed by atoms with Crippen molar-refractivity contribution in [2.75, 3.05) is 31.1 Å². The van der Waals surface area contributed by atoms with E-state index in [1.807, 2.05) is 0 Å². The molecule has 0 amide bonds. The van der Waals surface area contributed by atoms with Crippen LogP contribution in [0.5, 0.6) is 0 Å². The van der Waals surface area contributed by atoms with Gasteiger partial charge in [0, 0.05) is 37.3 Å². The SMILES string of the molecule is Cc1ccc(N2CCC3(CNC3)C2)cc1C. The molecule has 1 aromatic carbocycles. The molecule has 2 heteroatoms. The number of aryl methyl sites for hydroxylation is 2. The smallest absolute Gasteiger partial charge is 0.0369 e. The summed E-state index contributed by atoms with van der Waals surface area (Å²) in [6, 6.07) is 6.85. The van der Waals surface area contributed by atoms with E-state index >= 15 is 0 Å². The highest BCUT2D eigenvalue weighted by Gasteiger charge is 2.42. The molecule has 1 aromatic rings. The Morgan fingerprint density at radius 3 is 2.56 bits per heavy atom. The molecule has 0 radical (unpaired) electrons. The Balaban J connectivity index is 1.80. The van der Waals surface area contributed by atoms with Gasteiger partial charge in [-0.05, 0) is 43.5 Å². The minimum absolute atomic E-state index is 0.596. The van der Waals surface area contributed by atoms with Crippen LogP contribution in [0.15, 0.2) is 18.2 Å². The van der Waals surface area contributed by atoms with Crippen molar-refractivity contribution in [2.24, 2.45) is 5.41 Å². The van der Waals surface area contributed by atoms with Crippen LogP contribution in [-0.2, 0) is 0 Å². The lowest BCUT2D eigenvalue weighted by atomic mass is 9.81. The fourth-order valence-electron chi connectivity index (χ4n) is 2.84. The van der Waals surface area contributed by atoms with Gasteiger partial charge in [0.25, 0.3) is 0 Å². The molecule has 0 aliphatic carbocycles. The normalized spacial score (nSPS) is 22.5. The molecule has 2 aliphatic heterocycles. The lowest BCUT2D eigenvalue weighted by molar-refractivity contribution is 0.200. The van der Waals surface area contributed by atoms with Gasteiger partial charge in [-0.25, -0.2) is 0 Å². The first-order valence-corrected chi connectivity index (χ1v) is 6.22. The summed E-state index contributed by atoms with van der Waals surface area (Å²) in [6.45, 7) is 9.28. The molecule has 2 aliphatic rings. The van der Waals surface area contributed by atoms with Crippen LogP contribution in [0.3, 0.4) is 0 Å². The Kier molecular flexibility index (Phi) is 2.21. The number of anilines is 1. The van der Waals surface area contributed by atoms with E-state index in [4.69, 9.17) is 0 Å². The zero-order valence-electron chi connectivity index (χ0n) is 10.2. The van der Waals surface area contributed by atoms with Crippen LogP contribution in [-0.4, -0.2) is 26.2 Å². The van der Waals surface area contributed by atoms with E-state index in [0.29, 0.717) is 5.41 Å². The first kappa shape index (κ1) is 10.2. The third-order valence-electron chi connectivity index (χ3n) is 4.29. The van der Waals surface area contributed by atoms with Gasteiger partial charge < -0.3 is 10.2 Å². The molecule has 86 valence electrons. The van der Waals surface area contributed by atoms with Gasteiger partial charge >= 0.3 is 0 Å². The summed E-state index contributed by atoms with van der Waals surface area (Å²) in [5.74, 6) is 0. The van der Waals surface area contributed by atoms with E-state index in [1.165, 1.54) is 49.4 Å². The van der Waals surface area contributed by atoms with Crippen molar-refractivity contribution >= 4 is 5.69 Å². The quantitative estimate of drug-likeness (QED) is 0.773. The molecule has 1 N–H and O–H groups in total. The molecular weight excluding hydrogens is 196 g/mol. The Labute approximate surface area is 97.6 Å². The second-order valence-electron chi connectivity index (χ2n) is 5.54. The Morgan fingerprint density at radius 1 is 1.19 bits per heavy atom. The Morgan fingerprint density at radius 2 is 2.00 bits per heavy atom. The minimum Gasteiger partial charge on any atom is -0.371 e. The number of hydrogen-bond acceptors (Lipinski definition) is 2. The molecule has 0 atom stereocenters.